The maximum Gasteiger partial charge on any atom is 0.357 e. The zero-order chi connectivity index (χ0) is 19.1. The van der Waals surface area contributed by atoms with Crippen LogP contribution in [0.2, 0.25) is 5.02 Å². The zero-order valence-electron chi connectivity index (χ0n) is 14.7. The number of esters is 1. The van der Waals surface area contributed by atoms with E-state index in [-0.39, 0.29) is 28.2 Å². The second kappa shape index (κ2) is 7.02. The van der Waals surface area contributed by atoms with Gasteiger partial charge < -0.3 is 4.74 Å². The number of aryl methyl sites for hydroxylation is 2. The van der Waals surface area contributed by atoms with Crippen molar-refractivity contribution in [2.24, 2.45) is 7.05 Å². The fraction of sp³-hybridized carbons (Fsp3) is 0.412. The molecule has 3 rings (SSSR count). The first kappa shape index (κ1) is 18.9. The van der Waals surface area contributed by atoms with E-state index in [4.69, 9.17) is 16.3 Å². The summed E-state index contributed by atoms with van der Waals surface area (Å²) in [6.45, 7) is 1.55. The van der Waals surface area contributed by atoms with Gasteiger partial charge in [0.05, 0.1) is 12.8 Å². The van der Waals surface area contributed by atoms with Crippen LogP contribution in [0.5, 0.6) is 0 Å². The third-order valence-electron chi connectivity index (χ3n) is 4.62. The van der Waals surface area contributed by atoms with Crippen molar-refractivity contribution in [3.8, 4) is 0 Å². The van der Waals surface area contributed by atoms with Gasteiger partial charge in [0.15, 0.2) is 5.69 Å². The van der Waals surface area contributed by atoms with Gasteiger partial charge in [0, 0.05) is 18.1 Å². The molecular weight excluding hydrogens is 378 g/mol. The standard InChI is InChI=1S/C17H20ClN3O4S/c1-10-16(15(17(22)25-3)21(2)19-10)26(23,24)20-14-8-12(9-14)11-4-6-13(18)7-5-11/h4-7,12,14,20H,8-9H2,1-3H3. The van der Waals surface area contributed by atoms with Gasteiger partial charge in [0.1, 0.15) is 4.90 Å². The fourth-order valence-electron chi connectivity index (χ4n) is 3.28. The number of ether oxygens (including phenoxy) is 1. The van der Waals surface area contributed by atoms with Crippen LogP contribution in [0.25, 0.3) is 0 Å². The van der Waals surface area contributed by atoms with Crippen molar-refractivity contribution < 1.29 is 17.9 Å². The van der Waals surface area contributed by atoms with Crippen LogP contribution in [0.1, 0.15) is 40.5 Å². The third kappa shape index (κ3) is 3.49. The number of carbonyl (C=O) groups is 1. The quantitative estimate of drug-likeness (QED) is 0.782. The Kier molecular flexibility index (Phi) is 5.09. The van der Waals surface area contributed by atoms with Gasteiger partial charge in [-0.05, 0) is 43.4 Å². The smallest absolute Gasteiger partial charge is 0.357 e. The number of aromatic nitrogens is 2. The lowest BCUT2D eigenvalue weighted by atomic mass is 9.76. The van der Waals surface area contributed by atoms with E-state index in [1.54, 1.807) is 6.92 Å². The number of nitrogens with one attached hydrogen (secondary N) is 1. The first-order valence-electron chi connectivity index (χ1n) is 8.12. The molecule has 26 heavy (non-hydrogen) atoms. The number of nitrogens with zero attached hydrogens (tertiary/aromatic N) is 2. The summed E-state index contributed by atoms with van der Waals surface area (Å²) < 4.78 is 34.2. The number of halogens is 1. The highest BCUT2D eigenvalue weighted by molar-refractivity contribution is 7.89. The lowest BCUT2D eigenvalue weighted by Crippen LogP contribution is -2.43. The van der Waals surface area contributed by atoms with Crippen molar-refractivity contribution in [2.45, 2.75) is 36.6 Å². The van der Waals surface area contributed by atoms with Crippen molar-refractivity contribution >= 4 is 27.6 Å². The van der Waals surface area contributed by atoms with Gasteiger partial charge in [0.25, 0.3) is 0 Å². The summed E-state index contributed by atoms with van der Waals surface area (Å²) in [5.41, 5.74) is 1.32. The summed E-state index contributed by atoms with van der Waals surface area (Å²) in [6.07, 6.45) is 1.38. The summed E-state index contributed by atoms with van der Waals surface area (Å²) in [6, 6.07) is 7.38. The number of hydrogen-bond donors (Lipinski definition) is 1. The molecule has 2 aromatic rings. The summed E-state index contributed by atoms with van der Waals surface area (Å²) in [5.74, 6) is -0.448. The van der Waals surface area contributed by atoms with E-state index in [1.165, 1.54) is 18.8 Å². The molecular formula is C17H20ClN3O4S. The molecule has 140 valence electrons. The van der Waals surface area contributed by atoms with Crippen LogP contribution < -0.4 is 4.72 Å². The number of carbonyl (C=O) groups excluding carboxylic acids is 1. The maximum atomic E-state index is 12.8. The van der Waals surface area contributed by atoms with Crippen LogP contribution in [-0.4, -0.2) is 37.3 Å². The van der Waals surface area contributed by atoms with Gasteiger partial charge >= 0.3 is 5.97 Å². The summed E-state index contributed by atoms with van der Waals surface area (Å²) >= 11 is 5.89. The Morgan fingerprint density at radius 2 is 1.92 bits per heavy atom. The van der Waals surface area contributed by atoms with Crippen LogP contribution >= 0.6 is 11.6 Å². The molecule has 1 heterocycles. The Morgan fingerprint density at radius 3 is 2.50 bits per heavy atom. The lowest BCUT2D eigenvalue weighted by Gasteiger charge is -2.36. The van der Waals surface area contributed by atoms with Crippen LogP contribution in [0.15, 0.2) is 29.2 Å². The van der Waals surface area contributed by atoms with Crippen LogP contribution in [-0.2, 0) is 21.8 Å². The van der Waals surface area contributed by atoms with E-state index in [9.17, 15) is 13.2 Å². The van der Waals surface area contributed by atoms with Gasteiger partial charge in [-0.1, -0.05) is 23.7 Å². The van der Waals surface area contributed by atoms with E-state index < -0.39 is 16.0 Å². The molecule has 0 radical (unpaired) electrons. The molecule has 0 saturated heterocycles. The highest BCUT2D eigenvalue weighted by atomic mass is 35.5. The highest BCUT2D eigenvalue weighted by Crippen LogP contribution is 2.38. The van der Waals surface area contributed by atoms with E-state index in [1.807, 2.05) is 24.3 Å². The molecule has 1 aliphatic rings. The molecule has 0 bridgehead atoms. The molecule has 1 N–H and O–H groups in total. The number of rotatable bonds is 5. The van der Waals surface area contributed by atoms with Crippen molar-refractivity contribution in [3.63, 3.8) is 0 Å². The Morgan fingerprint density at radius 1 is 1.31 bits per heavy atom. The van der Waals surface area contributed by atoms with Crippen LogP contribution in [0, 0.1) is 6.92 Å². The normalized spacial score (nSPS) is 19.8. The monoisotopic (exact) mass is 397 g/mol. The summed E-state index contributed by atoms with van der Waals surface area (Å²) in [5, 5.41) is 4.73. The molecule has 1 saturated carbocycles. The van der Waals surface area contributed by atoms with Gasteiger partial charge in [0.2, 0.25) is 10.0 Å². The van der Waals surface area contributed by atoms with E-state index in [0.29, 0.717) is 17.9 Å². The maximum absolute atomic E-state index is 12.8. The predicted molar refractivity (Wildman–Crippen MR) is 96.8 cm³/mol. The first-order chi connectivity index (χ1) is 12.2. The number of benzene rings is 1. The van der Waals surface area contributed by atoms with E-state index in [0.717, 1.165) is 5.56 Å². The van der Waals surface area contributed by atoms with Crippen LogP contribution in [0.3, 0.4) is 0 Å². The molecule has 0 spiro atoms. The van der Waals surface area contributed by atoms with Crippen LogP contribution in [0.4, 0.5) is 0 Å². The molecule has 0 atom stereocenters. The van der Waals surface area contributed by atoms with Gasteiger partial charge in [-0.15, -0.1) is 0 Å². The molecule has 0 amide bonds. The van der Waals surface area contributed by atoms with Gasteiger partial charge in [-0.25, -0.2) is 17.9 Å². The molecule has 7 nitrogen and oxygen atoms in total. The van der Waals surface area contributed by atoms with Crippen molar-refractivity contribution in [1.29, 1.82) is 0 Å². The average molecular weight is 398 g/mol. The molecule has 1 aromatic heterocycles. The van der Waals surface area contributed by atoms with Gasteiger partial charge in [-0.2, -0.15) is 5.10 Å². The molecule has 1 aliphatic carbocycles. The van der Waals surface area contributed by atoms with Gasteiger partial charge in [-0.3, -0.25) is 4.68 Å². The van der Waals surface area contributed by atoms with Crippen molar-refractivity contribution in [3.05, 3.63) is 46.2 Å². The fourth-order valence-corrected chi connectivity index (χ4v) is 5.06. The molecule has 9 heteroatoms. The van der Waals surface area contributed by atoms with E-state index >= 15 is 0 Å². The zero-order valence-corrected chi connectivity index (χ0v) is 16.3. The average Bonchev–Trinajstić information content (AvgIpc) is 2.86. The molecule has 0 aliphatic heterocycles. The lowest BCUT2D eigenvalue weighted by molar-refractivity contribution is 0.0583. The number of methoxy groups -OCH3 is 1. The third-order valence-corrected chi connectivity index (χ3v) is 6.54. The Balaban J connectivity index is 1.75. The Hall–Kier alpha value is -1.90. The minimum Gasteiger partial charge on any atom is -0.464 e. The molecule has 0 unspecified atom stereocenters. The Bertz CT molecular complexity index is 932. The van der Waals surface area contributed by atoms with Crippen molar-refractivity contribution in [1.82, 2.24) is 14.5 Å². The highest BCUT2D eigenvalue weighted by Gasteiger charge is 2.37. The number of hydrogen-bond acceptors (Lipinski definition) is 5. The SMILES string of the molecule is COC(=O)c1c(S(=O)(=O)NC2CC(c3ccc(Cl)cc3)C2)c(C)nn1C. The predicted octanol–water partition coefficient (Wildman–Crippen LogP) is 2.39. The first-order valence-corrected chi connectivity index (χ1v) is 9.98. The Labute approximate surface area is 157 Å². The van der Waals surface area contributed by atoms with Crippen molar-refractivity contribution in [2.75, 3.05) is 7.11 Å². The minimum atomic E-state index is -3.88. The van der Waals surface area contributed by atoms with E-state index in [2.05, 4.69) is 9.82 Å². The largest absolute Gasteiger partial charge is 0.464 e. The summed E-state index contributed by atoms with van der Waals surface area (Å²) in [4.78, 5) is 11.8. The minimum absolute atomic E-state index is 0.0777. The topological polar surface area (TPSA) is 90.3 Å². The number of sulfonamides is 1. The second-order valence-electron chi connectivity index (χ2n) is 6.42. The molecule has 1 aromatic carbocycles. The summed E-state index contributed by atoms with van der Waals surface area (Å²) in [7, 11) is -1.17. The molecule has 1 fully saturated rings. The second-order valence-corrected chi connectivity index (χ2v) is 8.50.